The van der Waals surface area contributed by atoms with Crippen LogP contribution in [0.25, 0.3) is 0 Å². The fraction of sp³-hybridized carbons (Fsp3) is 0.667. The van der Waals surface area contributed by atoms with E-state index >= 15 is 0 Å². The maximum absolute atomic E-state index is 6.38. The minimum Gasteiger partial charge on any atom is -0.490 e. The molecule has 0 bridgehead atoms. The van der Waals surface area contributed by atoms with Crippen LogP contribution in [0.3, 0.4) is 0 Å². The van der Waals surface area contributed by atoms with Crippen molar-refractivity contribution in [3.05, 3.63) is 29.3 Å². The van der Waals surface area contributed by atoms with E-state index in [1.165, 1.54) is 43.2 Å². The Morgan fingerprint density at radius 3 is 2.90 bits per heavy atom. The van der Waals surface area contributed by atoms with Gasteiger partial charge in [-0.25, -0.2) is 0 Å². The van der Waals surface area contributed by atoms with Gasteiger partial charge >= 0.3 is 0 Å². The monoisotopic (exact) mass is 275 g/mol. The molecule has 0 heterocycles. The number of benzene rings is 1. The molecule has 20 heavy (non-hydrogen) atoms. The number of para-hydroxylation sites is 1. The first-order valence-corrected chi connectivity index (χ1v) is 8.16. The standard InChI is InChI=1S/C18H29NO/c1-4-11-19-13-16-9-6-8-15(3)18(16)20-17-10-5-7-14(2)12-17/h6,8-9,14,17,19H,4-5,7,10-13H2,1-3H3. The smallest absolute Gasteiger partial charge is 0.127 e. The van der Waals surface area contributed by atoms with Gasteiger partial charge in [-0.15, -0.1) is 0 Å². The number of hydrogen-bond acceptors (Lipinski definition) is 2. The molecular formula is C18H29NO. The van der Waals surface area contributed by atoms with Crippen molar-refractivity contribution in [2.24, 2.45) is 5.92 Å². The number of nitrogens with one attached hydrogen (secondary N) is 1. The van der Waals surface area contributed by atoms with Gasteiger partial charge in [0, 0.05) is 12.1 Å². The first-order chi connectivity index (χ1) is 9.70. The van der Waals surface area contributed by atoms with Crippen molar-refractivity contribution in [1.82, 2.24) is 5.32 Å². The summed E-state index contributed by atoms with van der Waals surface area (Å²) in [5.74, 6) is 1.93. The van der Waals surface area contributed by atoms with E-state index in [2.05, 4.69) is 44.3 Å². The number of aryl methyl sites for hydroxylation is 1. The zero-order valence-electron chi connectivity index (χ0n) is 13.2. The van der Waals surface area contributed by atoms with Gasteiger partial charge in [-0.2, -0.15) is 0 Å². The molecule has 1 fully saturated rings. The molecule has 0 spiro atoms. The molecule has 2 atom stereocenters. The van der Waals surface area contributed by atoms with Crippen LogP contribution in [0.2, 0.25) is 0 Å². The van der Waals surface area contributed by atoms with Gasteiger partial charge in [0.15, 0.2) is 0 Å². The Labute approximate surface area is 123 Å². The van der Waals surface area contributed by atoms with E-state index in [0.29, 0.717) is 6.10 Å². The SMILES string of the molecule is CCCNCc1cccc(C)c1OC1CCCC(C)C1. The third kappa shape index (κ3) is 4.24. The molecule has 0 radical (unpaired) electrons. The van der Waals surface area contributed by atoms with Gasteiger partial charge in [-0.1, -0.05) is 38.5 Å². The Bertz CT molecular complexity index is 416. The molecule has 1 saturated carbocycles. The summed E-state index contributed by atoms with van der Waals surface area (Å²) in [5.41, 5.74) is 2.57. The van der Waals surface area contributed by atoms with Crippen molar-refractivity contribution in [3.63, 3.8) is 0 Å². The number of rotatable bonds is 6. The van der Waals surface area contributed by atoms with Gasteiger partial charge in [0.05, 0.1) is 6.10 Å². The van der Waals surface area contributed by atoms with Crippen LogP contribution in [-0.2, 0) is 6.54 Å². The van der Waals surface area contributed by atoms with Crippen LogP contribution in [0, 0.1) is 12.8 Å². The summed E-state index contributed by atoms with van der Waals surface area (Å²) >= 11 is 0. The van der Waals surface area contributed by atoms with Crippen molar-refractivity contribution in [2.75, 3.05) is 6.54 Å². The van der Waals surface area contributed by atoms with E-state index in [1.807, 2.05) is 0 Å². The minimum atomic E-state index is 0.407. The molecule has 1 N–H and O–H groups in total. The van der Waals surface area contributed by atoms with Gasteiger partial charge < -0.3 is 10.1 Å². The van der Waals surface area contributed by atoms with Crippen molar-refractivity contribution in [1.29, 1.82) is 0 Å². The quantitative estimate of drug-likeness (QED) is 0.774. The fourth-order valence-corrected chi connectivity index (χ4v) is 3.07. The predicted molar refractivity (Wildman–Crippen MR) is 85.2 cm³/mol. The maximum atomic E-state index is 6.38. The third-order valence-corrected chi connectivity index (χ3v) is 4.21. The third-order valence-electron chi connectivity index (χ3n) is 4.21. The maximum Gasteiger partial charge on any atom is 0.127 e. The van der Waals surface area contributed by atoms with Crippen LogP contribution in [0.15, 0.2) is 18.2 Å². The Balaban J connectivity index is 2.04. The summed E-state index contributed by atoms with van der Waals surface area (Å²) in [5, 5.41) is 3.48. The average molecular weight is 275 g/mol. The van der Waals surface area contributed by atoms with Crippen LogP contribution >= 0.6 is 0 Å². The molecule has 0 aromatic heterocycles. The summed E-state index contributed by atoms with van der Waals surface area (Å²) in [6.07, 6.45) is 6.66. The van der Waals surface area contributed by atoms with Crippen LogP contribution in [0.5, 0.6) is 5.75 Å². The summed E-state index contributed by atoms with van der Waals surface area (Å²) in [4.78, 5) is 0. The van der Waals surface area contributed by atoms with E-state index in [9.17, 15) is 0 Å². The first kappa shape index (κ1) is 15.4. The highest BCUT2D eigenvalue weighted by Crippen LogP contribution is 2.31. The van der Waals surface area contributed by atoms with Crippen LogP contribution in [0.4, 0.5) is 0 Å². The molecule has 1 aromatic carbocycles. The van der Waals surface area contributed by atoms with Gasteiger partial charge in [0.1, 0.15) is 5.75 Å². The lowest BCUT2D eigenvalue weighted by molar-refractivity contribution is 0.127. The van der Waals surface area contributed by atoms with Gasteiger partial charge in [-0.05, 0) is 50.6 Å². The Kier molecular flexibility index (Phi) is 5.90. The fourth-order valence-electron chi connectivity index (χ4n) is 3.07. The lowest BCUT2D eigenvalue weighted by atomic mass is 9.88. The molecule has 0 saturated heterocycles. The second-order valence-corrected chi connectivity index (χ2v) is 6.25. The summed E-state index contributed by atoms with van der Waals surface area (Å²) < 4.78 is 6.38. The second kappa shape index (κ2) is 7.68. The second-order valence-electron chi connectivity index (χ2n) is 6.25. The zero-order chi connectivity index (χ0) is 14.4. The lowest BCUT2D eigenvalue weighted by Crippen LogP contribution is -2.25. The lowest BCUT2D eigenvalue weighted by Gasteiger charge is -2.29. The molecule has 1 aliphatic carbocycles. The molecular weight excluding hydrogens is 246 g/mol. The molecule has 1 aliphatic rings. The highest BCUT2D eigenvalue weighted by atomic mass is 16.5. The minimum absolute atomic E-state index is 0.407. The highest BCUT2D eigenvalue weighted by Gasteiger charge is 2.21. The average Bonchev–Trinajstić information content (AvgIpc) is 2.43. The molecule has 0 aliphatic heterocycles. The molecule has 2 unspecified atom stereocenters. The normalized spacial score (nSPS) is 22.8. The van der Waals surface area contributed by atoms with Crippen molar-refractivity contribution < 1.29 is 4.74 Å². The molecule has 112 valence electrons. The van der Waals surface area contributed by atoms with Gasteiger partial charge in [-0.3, -0.25) is 0 Å². The first-order valence-electron chi connectivity index (χ1n) is 8.16. The van der Waals surface area contributed by atoms with Gasteiger partial charge in [0.2, 0.25) is 0 Å². The Hall–Kier alpha value is -1.02. The number of hydrogen-bond donors (Lipinski definition) is 1. The zero-order valence-corrected chi connectivity index (χ0v) is 13.2. The van der Waals surface area contributed by atoms with Crippen LogP contribution in [-0.4, -0.2) is 12.6 Å². The van der Waals surface area contributed by atoms with E-state index in [-0.39, 0.29) is 0 Å². The summed E-state index contributed by atoms with van der Waals surface area (Å²) in [7, 11) is 0. The molecule has 0 amide bonds. The van der Waals surface area contributed by atoms with Crippen LogP contribution < -0.4 is 10.1 Å². The molecule has 2 heteroatoms. The van der Waals surface area contributed by atoms with E-state index in [1.54, 1.807) is 0 Å². The summed E-state index contributed by atoms with van der Waals surface area (Å²) in [6.45, 7) is 8.67. The highest BCUT2D eigenvalue weighted by molar-refractivity contribution is 5.40. The number of ether oxygens (including phenoxy) is 1. The molecule has 2 rings (SSSR count). The molecule has 1 aromatic rings. The predicted octanol–water partition coefficient (Wildman–Crippen LogP) is 4.45. The van der Waals surface area contributed by atoms with E-state index < -0.39 is 0 Å². The Morgan fingerprint density at radius 2 is 2.15 bits per heavy atom. The topological polar surface area (TPSA) is 21.3 Å². The van der Waals surface area contributed by atoms with Crippen LogP contribution in [0.1, 0.15) is 57.1 Å². The largest absolute Gasteiger partial charge is 0.490 e. The van der Waals surface area contributed by atoms with E-state index in [4.69, 9.17) is 4.74 Å². The summed E-state index contributed by atoms with van der Waals surface area (Å²) in [6, 6.07) is 6.48. The van der Waals surface area contributed by atoms with E-state index in [0.717, 1.165) is 24.8 Å². The van der Waals surface area contributed by atoms with Crippen molar-refractivity contribution in [3.8, 4) is 5.75 Å². The Morgan fingerprint density at radius 1 is 1.30 bits per heavy atom. The van der Waals surface area contributed by atoms with Crippen molar-refractivity contribution >= 4 is 0 Å². The van der Waals surface area contributed by atoms with Gasteiger partial charge in [0.25, 0.3) is 0 Å². The molecule has 2 nitrogen and oxygen atoms in total. The van der Waals surface area contributed by atoms with Crippen molar-refractivity contribution in [2.45, 2.75) is 65.5 Å².